The summed E-state index contributed by atoms with van der Waals surface area (Å²) in [6, 6.07) is 48.2. The third kappa shape index (κ3) is 3.81. The van der Waals surface area contributed by atoms with E-state index in [1.165, 1.54) is 54.6 Å². The van der Waals surface area contributed by atoms with Crippen molar-refractivity contribution in [3.8, 4) is 22.3 Å². The van der Waals surface area contributed by atoms with Gasteiger partial charge in [-0.05, 0) is 96.4 Å². The third-order valence-corrected chi connectivity index (χ3v) is 9.86. The summed E-state index contributed by atoms with van der Waals surface area (Å²) in [4.78, 5) is 13.6. The molecule has 0 amide bonds. The lowest BCUT2D eigenvalue weighted by molar-refractivity contribution is 0.838. The first-order valence-electron chi connectivity index (χ1n) is 16.0. The van der Waals surface area contributed by atoms with Gasteiger partial charge in [-0.15, -0.1) is 0 Å². The van der Waals surface area contributed by atoms with Crippen molar-refractivity contribution in [3.05, 3.63) is 150 Å². The van der Waals surface area contributed by atoms with Crippen molar-refractivity contribution >= 4 is 59.6 Å². The molecular formula is C43H32N2O. The number of fused-ring (bicyclic) bond motifs is 8. The molecule has 0 saturated heterocycles. The van der Waals surface area contributed by atoms with E-state index in [1.807, 2.05) is 29.6 Å². The number of para-hydroxylation sites is 1. The van der Waals surface area contributed by atoms with E-state index in [0.717, 1.165) is 32.9 Å². The highest BCUT2D eigenvalue weighted by molar-refractivity contribution is 6.22. The Morgan fingerprint density at radius 3 is 1.85 bits per heavy atom. The molecule has 0 aliphatic heterocycles. The lowest BCUT2D eigenvalue weighted by atomic mass is 9.84. The van der Waals surface area contributed by atoms with E-state index in [9.17, 15) is 4.79 Å². The van der Waals surface area contributed by atoms with E-state index >= 15 is 0 Å². The van der Waals surface area contributed by atoms with Crippen molar-refractivity contribution in [3.63, 3.8) is 0 Å². The van der Waals surface area contributed by atoms with Gasteiger partial charge in [-0.25, -0.2) is 4.79 Å². The Hall–Kier alpha value is -5.67. The number of rotatable bonds is 3. The van der Waals surface area contributed by atoms with Crippen LogP contribution in [-0.2, 0) is 7.05 Å². The summed E-state index contributed by atoms with van der Waals surface area (Å²) in [5.41, 5.74) is 8.95. The molecule has 0 aliphatic carbocycles. The van der Waals surface area contributed by atoms with Crippen molar-refractivity contribution in [1.82, 2.24) is 8.97 Å². The number of hydrogen-bond donors (Lipinski definition) is 0. The Morgan fingerprint density at radius 2 is 1.09 bits per heavy atom. The molecule has 0 radical (unpaired) electrons. The topological polar surface area (TPSA) is 26.4 Å². The summed E-state index contributed by atoms with van der Waals surface area (Å²) in [5.74, 6) is 0.400. The largest absolute Gasteiger partial charge is 0.333 e. The molecule has 2 heterocycles. The number of aromatic nitrogens is 2. The smallest absolute Gasteiger partial charge is 0.296 e. The molecule has 0 aliphatic rings. The van der Waals surface area contributed by atoms with E-state index in [-0.39, 0.29) is 5.69 Å². The lowest BCUT2D eigenvalue weighted by Crippen LogP contribution is -2.24. The van der Waals surface area contributed by atoms with Gasteiger partial charge in [0.05, 0.1) is 16.6 Å². The molecule has 0 saturated carbocycles. The number of aryl methyl sites for hydroxylation is 1. The maximum atomic E-state index is 13.6. The lowest BCUT2D eigenvalue weighted by Gasteiger charge is -2.19. The van der Waals surface area contributed by atoms with E-state index in [4.69, 9.17) is 0 Å². The van der Waals surface area contributed by atoms with Crippen LogP contribution in [0.2, 0.25) is 0 Å². The van der Waals surface area contributed by atoms with Crippen LogP contribution < -0.4 is 5.69 Å². The van der Waals surface area contributed by atoms with Crippen molar-refractivity contribution in [2.24, 2.45) is 7.05 Å². The minimum absolute atomic E-state index is 0.0336. The maximum Gasteiger partial charge on any atom is 0.333 e. The highest BCUT2D eigenvalue weighted by Crippen LogP contribution is 2.45. The summed E-state index contributed by atoms with van der Waals surface area (Å²) < 4.78 is 3.60. The van der Waals surface area contributed by atoms with Gasteiger partial charge < -0.3 is 0 Å². The van der Waals surface area contributed by atoms with Crippen LogP contribution in [0.5, 0.6) is 0 Å². The first kappa shape index (κ1) is 26.7. The minimum Gasteiger partial charge on any atom is -0.296 e. The molecular weight excluding hydrogens is 560 g/mol. The third-order valence-electron chi connectivity index (χ3n) is 9.86. The van der Waals surface area contributed by atoms with Gasteiger partial charge in [0.15, 0.2) is 0 Å². The van der Waals surface area contributed by atoms with Gasteiger partial charge in [0.2, 0.25) is 0 Å². The molecule has 7 aromatic carbocycles. The first-order valence-corrected chi connectivity index (χ1v) is 16.0. The Kier molecular flexibility index (Phi) is 5.76. The fourth-order valence-electron chi connectivity index (χ4n) is 7.53. The zero-order valence-electron chi connectivity index (χ0n) is 26.1. The molecule has 0 bridgehead atoms. The number of nitrogens with zero attached hydrogens (tertiary/aromatic N) is 2. The second kappa shape index (κ2) is 9.92. The summed E-state index contributed by atoms with van der Waals surface area (Å²) in [6.45, 7) is 4.52. The van der Waals surface area contributed by atoms with E-state index in [1.54, 1.807) is 4.57 Å². The molecule has 0 N–H and O–H groups in total. The Bertz CT molecular complexity index is 2760. The normalized spacial score (nSPS) is 12.1. The average molecular weight is 593 g/mol. The Labute approximate surface area is 266 Å². The quantitative estimate of drug-likeness (QED) is 0.187. The summed E-state index contributed by atoms with van der Waals surface area (Å²) in [7, 11) is 1.85. The zero-order valence-corrected chi connectivity index (χ0v) is 26.1. The van der Waals surface area contributed by atoms with Gasteiger partial charge in [0.1, 0.15) is 0 Å². The molecule has 2 aromatic heterocycles. The molecule has 9 rings (SSSR count). The summed E-state index contributed by atoms with van der Waals surface area (Å²) >= 11 is 0. The summed E-state index contributed by atoms with van der Waals surface area (Å²) in [6.07, 6.45) is 0. The van der Waals surface area contributed by atoms with Crippen molar-refractivity contribution in [2.75, 3.05) is 0 Å². The van der Waals surface area contributed by atoms with Crippen LogP contribution in [0.3, 0.4) is 0 Å². The van der Waals surface area contributed by atoms with Crippen LogP contribution in [0.1, 0.15) is 25.3 Å². The second-order valence-corrected chi connectivity index (χ2v) is 12.8. The minimum atomic E-state index is -0.0336. The fourth-order valence-corrected chi connectivity index (χ4v) is 7.53. The first-order chi connectivity index (χ1) is 22.5. The van der Waals surface area contributed by atoms with E-state index in [0.29, 0.717) is 5.92 Å². The van der Waals surface area contributed by atoms with Crippen LogP contribution in [-0.4, -0.2) is 8.97 Å². The number of benzene rings is 7. The van der Waals surface area contributed by atoms with E-state index in [2.05, 4.69) is 129 Å². The molecule has 3 nitrogen and oxygen atoms in total. The highest BCUT2D eigenvalue weighted by atomic mass is 16.1. The van der Waals surface area contributed by atoms with Crippen LogP contribution in [0.15, 0.2) is 138 Å². The van der Waals surface area contributed by atoms with Crippen LogP contribution in [0, 0.1) is 0 Å². The molecule has 46 heavy (non-hydrogen) atoms. The Balaban J connectivity index is 1.39. The molecule has 220 valence electrons. The predicted molar refractivity (Wildman–Crippen MR) is 195 cm³/mol. The predicted octanol–water partition coefficient (Wildman–Crippen LogP) is 10.9. The monoisotopic (exact) mass is 592 g/mol. The fraction of sp³-hybridized carbons (Fsp3) is 0.0930. The standard InChI is InChI=1S/C43H32N2O/c1-26(2)28-18-20-35-37(24-28)42(34-13-7-6-12-33(34)41(35)30-17-16-27-10-4-5-11-29(27)22-30)31-19-21-38-32(23-31)25-40-36-14-8-9-15-39(36)44(3)43(46)45(38)40/h4-26H,1-3H3. The molecule has 0 spiro atoms. The van der Waals surface area contributed by atoms with Crippen LogP contribution in [0.4, 0.5) is 0 Å². The maximum absolute atomic E-state index is 13.6. The molecule has 0 atom stereocenters. The second-order valence-electron chi connectivity index (χ2n) is 12.8. The molecule has 9 aromatic rings. The van der Waals surface area contributed by atoms with Crippen molar-refractivity contribution in [2.45, 2.75) is 19.8 Å². The Morgan fingerprint density at radius 1 is 0.478 bits per heavy atom. The van der Waals surface area contributed by atoms with E-state index < -0.39 is 0 Å². The zero-order chi connectivity index (χ0) is 31.1. The van der Waals surface area contributed by atoms with Gasteiger partial charge in [-0.3, -0.25) is 8.97 Å². The van der Waals surface area contributed by atoms with Crippen molar-refractivity contribution in [1.29, 1.82) is 0 Å². The van der Waals surface area contributed by atoms with Crippen molar-refractivity contribution < 1.29 is 0 Å². The highest BCUT2D eigenvalue weighted by Gasteiger charge is 2.19. The van der Waals surface area contributed by atoms with Gasteiger partial charge in [-0.2, -0.15) is 0 Å². The van der Waals surface area contributed by atoms with Gasteiger partial charge in [0.25, 0.3) is 0 Å². The number of hydrogen-bond acceptors (Lipinski definition) is 1. The molecule has 0 unspecified atom stereocenters. The van der Waals surface area contributed by atoms with Gasteiger partial charge in [-0.1, -0.05) is 117 Å². The summed E-state index contributed by atoms with van der Waals surface area (Å²) in [5, 5.41) is 9.57. The molecule has 0 fully saturated rings. The van der Waals surface area contributed by atoms with Crippen LogP contribution in [0.25, 0.3) is 81.9 Å². The van der Waals surface area contributed by atoms with Crippen LogP contribution >= 0.6 is 0 Å². The van der Waals surface area contributed by atoms with Gasteiger partial charge >= 0.3 is 5.69 Å². The van der Waals surface area contributed by atoms with Gasteiger partial charge in [0, 0.05) is 17.8 Å². The molecule has 3 heteroatoms. The average Bonchev–Trinajstić information content (AvgIpc) is 3.48. The SMILES string of the molecule is CC(C)c1ccc2c(-c3ccc4ccccc4c3)c3ccccc3c(-c3ccc4c(c3)cc3c5ccccc5n(C)c(=O)n43)c2c1.